The number of nitrogens with zero attached hydrogens (tertiary/aromatic N) is 1. The molecule has 0 aliphatic heterocycles. The van der Waals surface area contributed by atoms with Crippen LogP contribution in [0.25, 0.3) is 11.1 Å². The highest BCUT2D eigenvalue weighted by atomic mass is 16.3. The van der Waals surface area contributed by atoms with E-state index in [0.717, 1.165) is 23.9 Å². The van der Waals surface area contributed by atoms with E-state index in [1.807, 2.05) is 25.1 Å². The number of aryl methyl sites for hydroxylation is 1. The van der Waals surface area contributed by atoms with Crippen molar-refractivity contribution in [2.24, 2.45) is 0 Å². The standard InChI is InChI=1S/C16H15NO/c1-12-7-9-15-14(11-12)17-16(18-15)10-8-13-5-3-2-4-6-13/h5,7,9,11H,2-4,6H2,1H3. The molecule has 2 aromatic rings. The predicted molar refractivity (Wildman–Crippen MR) is 72.2 cm³/mol. The molecule has 0 atom stereocenters. The summed E-state index contributed by atoms with van der Waals surface area (Å²) < 4.78 is 5.60. The Morgan fingerprint density at radius 3 is 3.00 bits per heavy atom. The number of benzene rings is 1. The van der Waals surface area contributed by atoms with Crippen molar-refractivity contribution in [2.75, 3.05) is 0 Å². The van der Waals surface area contributed by atoms with Crippen LogP contribution in [-0.2, 0) is 0 Å². The van der Waals surface area contributed by atoms with Gasteiger partial charge in [-0.2, -0.15) is 0 Å². The highest BCUT2D eigenvalue weighted by molar-refractivity contribution is 5.73. The second-order valence-corrected chi connectivity index (χ2v) is 4.72. The summed E-state index contributed by atoms with van der Waals surface area (Å²) in [6, 6.07) is 5.99. The predicted octanol–water partition coefficient (Wildman–Crippen LogP) is 3.99. The lowest BCUT2D eigenvalue weighted by Crippen LogP contribution is -1.88. The molecule has 2 nitrogen and oxygen atoms in total. The molecule has 0 fully saturated rings. The van der Waals surface area contributed by atoms with Gasteiger partial charge in [0.05, 0.1) is 0 Å². The molecule has 0 N–H and O–H groups in total. The smallest absolute Gasteiger partial charge is 0.274 e. The van der Waals surface area contributed by atoms with Crippen molar-refractivity contribution in [3.8, 4) is 11.8 Å². The van der Waals surface area contributed by atoms with E-state index in [1.165, 1.54) is 24.0 Å². The van der Waals surface area contributed by atoms with Crippen LogP contribution in [0.2, 0.25) is 0 Å². The van der Waals surface area contributed by atoms with Crippen molar-refractivity contribution in [1.82, 2.24) is 4.98 Å². The Bertz CT molecular complexity index is 667. The van der Waals surface area contributed by atoms with E-state index >= 15 is 0 Å². The Balaban J connectivity index is 1.91. The van der Waals surface area contributed by atoms with Crippen LogP contribution < -0.4 is 0 Å². The van der Waals surface area contributed by atoms with E-state index in [9.17, 15) is 0 Å². The number of hydrogen-bond acceptors (Lipinski definition) is 2. The summed E-state index contributed by atoms with van der Waals surface area (Å²) in [5.41, 5.74) is 4.10. The van der Waals surface area contributed by atoms with Gasteiger partial charge in [-0.05, 0) is 61.8 Å². The van der Waals surface area contributed by atoms with Crippen LogP contribution in [0.5, 0.6) is 0 Å². The minimum atomic E-state index is 0.516. The molecule has 1 aliphatic carbocycles. The van der Waals surface area contributed by atoms with Crippen molar-refractivity contribution >= 4 is 11.1 Å². The second kappa shape index (κ2) is 4.70. The van der Waals surface area contributed by atoms with E-state index in [-0.39, 0.29) is 0 Å². The summed E-state index contributed by atoms with van der Waals surface area (Å²) in [7, 11) is 0. The van der Waals surface area contributed by atoms with Gasteiger partial charge in [-0.1, -0.05) is 18.1 Å². The van der Waals surface area contributed by atoms with Crippen LogP contribution in [0, 0.1) is 18.8 Å². The number of hydrogen-bond donors (Lipinski definition) is 0. The van der Waals surface area contributed by atoms with Crippen LogP contribution in [-0.4, -0.2) is 4.98 Å². The molecule has 1 aromatic heterocycles. The second-order valence-electron chi connectivity index (χ2n) is 4.72. The average Bonchev–Trinajstić information content (AvgIpc) is 2.79. The first-order valence-electron chi connectivity index (χ1n) is 6.39. The number of rotatable bonds is 0. The fourth-order valence-corrected chi connectivity index (χ4v) is 2.18. The third kappa shape index (κ3) is 2.31. The summed E-state index contributed by atoms with van der Waals surface area (Å²) in [6.45, 7) is 2.05. The fraction of sp³-hybridized carbons (Fsp3) is 0.312. The minimum absolute atomic E-state index is 0.516. The van der Waals surface area contributed by atoms with Gasteiger partial charge < -0.3 is 4.42 Å². The molecule has 0 radical (unpaired) electrons. The molecular formula is C16H15NO. The molecule has 0 bridgehead atoms. The lowest BCUT2D eigenvalue weighted by molar-refractivity contribution is 0.586. The molecule has 2 heteroatoms. The normalized spacial score (nSPS) is 15.1. The molecule has 0 saturated carbocycles. The summed E-state index contributed by atoms with van der Waals surface area (Å²) >= 11 is 0. The van der Waals surface area contributed by atoms with E-state index in [0.29, 0.717) is 5.89 Å². The molecule has 0 spiro atoms. The molecule has 1 heterocycles. The number of aromatic nitrogens is 1. The maximum atomic E-state index is 5.60. The maximum Gasteiger partial charge on any atom is 0.274 e. The third-order valence-corrected chi connectivity index (χ3v) is 3.16. The van der Waals surface area contributed by atoms with Gasteiger partial charge >= 0.3 is 0 Å². The first kappa shape index (κ1) is 11.1. The SMILES string of the molecule is Cc1ccc2oc(C#CC3=CCCCC3)nc2c1. The number of oxazole rings is 1. The van der Waals surface area contributed by atoms with Crippen molar-refractivity contribution < 1.29 is 4.42 Å². The Hall–Kier alpha value is -2.01. The van der Waals surface area contributed by atoms with Gasteiger partial charge in [0.25, 0.3) is 5.89 Å². The highest BCUT2D eigenvalue weighted by Gasteiger charge is 2.04. The third-order valence-electron chi connectivity index (χ3n) is 3.16. The van der Waals surface area contributed by atoms with Gasteiger partial charge in [0.15, 0.2) is 5.58 Å². The van der Waals surface area contributed by atoms with E-state index in [2.05, 4.69) is 22.9 Å². The van der Waals surface area contributed by atoms with Crippen LogP contribution >= 0.6 is 0 Å². The summed E-state index contributed by atoms with van der Waals surface area (Å²) in [5.74, 6) is 6.71. The summed E-state index contributed by atoms with van der Waals surface area (Å²) in [4.78, 5) is 4.39. The van der Waals surface area contributed by atoms with Gasteiger partial charge in [-0.15, -0.1) is 0 Å². The number of fused-ring (bicyclic) bond motifs is 1. The summed E-state index contributed by atoms with van der Waals surface area (Å²) in [6.07, 6.45) is 6.99. The maximum absolute atomic E-state index is 5.60. The molecule has 1 aromatic carbocycles. The molecule has 0 saturated heterocycles. The van der Waals surface area contributed by atoms with Crippen LogP contribution in [0.4, 0.5) is 0 Å². The Kier molecular flexibility index (Phi) is 2.90. The molecule has 3 rings (SSSR count). The van der Waals surface area contributed by atoms with Gasteiger partial charge in [0, 0.05) is 0 Å². The monoisotopic (exact) mass is 237 g/mol. The zero-order chi connectivity index (χ0) is 12.4. The van der Waals surface area contributed by atoms with Gasteiger partial charge in [0.2, 0.25) is 0 Å². The van der Waals surface area contributed by atoms with E-state index in [4.69, 9.17) is 4.42 Å². The lowest BCUT2D eigenvalue weighted by Gasteiger charge is -2.05. The Morgan fingerprint density at radius 1 is 1.22 bits per heavy atom. The first-order valence-corrected chi connectivity index (χ1v) is 6.39. The zero-order valence-corrected chi connectivity index (χ0v) is 10.5. The van der Waals surface area contributed by atoms with E-state index in [1.54, 1.807) is 0 Å². The van der Waals surface area contributed by atoms with Crippen molar-refractivity contribution in [2.45, 2.75) is 32.6 Å². The highest BCUT2D eigenvalue weighted by Crippen LogP contribution is 2.18. The Morgan fingerprint density at radius 2 is 2.17 bits per heavy atom. The molecule has 1 aliphatic rings. The van der Waals surface area contributed by atoms with Gasteiger partial charge in [-0.25, -0.2) is 4.98 Å². The van der Waals surface area contributed by atoms with Crippen molar-refractivity contribution in [1.29, 1.82) is 0 Å². The average molecular weight is 237 g/mol. The number of allylic oxidation sites excluding steroid dienone is 2. The topological polar surface area (TPSA) is 26.0 Å². The Labute approximate surface area is 107 Å². The van der Waals surface area contributed by atoms with Crippen molar-refractivity contribution in [3.63, 3.8) is 0 Å². The van der Waals surface area contributed by atoms with Crippen LogP contribution in [0.15, 0.2) is 34.3 Å². The molecule has 0 unspecified atom stereocenters. The fourth-order valence-electron chi connectivity index (χ4n) is 2.18. The van der Waals surface area contributed by atoms with Gasteiger partial charge in [0.1, 0.15) is 5.52 Å². The van der Waals surface area contributed by atoms with E-state index < -0.39 is 0 Å². The molecule has 0 amide bonds. The van der Waals surface area contributed by atoms with Crippen LogP contribution in [0.3, 0.4) is 0 Å². The van der Waals surface area contributed by atoms with Crippen LogP contribution in [0.1, 0.15) is 37.1 Å². The minimum Gasteiger partial charge on any atom is -0.430 e. The van der Waals surface area contributed by atoms with Crippen molar-refractivity contribution in [3.05, 3.63) is 41.3 Å². The molecule has 18 heavy (non-hydrogen) atoms. The summed E-state index contributed by atoms with van der Waals surface area (Å²) in [5, 5.41) is 0. The quantitative estimate of drug-likeness (QED) is 0.647. The lowest BCUT2D eigenvalue weighted by atomic mass is 10.0. The largest absolute Gasteiger partial charge is 0.430 e. The molecule has 90 valence electrons. The first-order chi connectivity index (χ1) is 8.81. The zero-order valence-electron chi connectivity index (χ0n) is 10.5. The van der Waals surface area contributed by atoms with Gasteiger partial charge in [-0.3, -0.25) is 0 Å². The molecular weight excluding hydrogens is 222 g/mol.